The van der Waals surface area contributed by atoms with E-state index < -0.39 is 76.3 Å². The van der Waals surface area contributed by atoms with Gasteiger partial charge in [0, 0.05) is 35.6 Å². The lowest BCUT2D eigenvalue weighted by atomic mass is 9.66. The molecule has 0 bridgehead atoms. The Morgan fingerprint density at radius 3 is 2.33 bits per heavy atom. The van der Waals surface area contributed by atoms with Gasteiger partial charge in [0.25, 0.3) is 0 Å². The predicted octanol–water partition coefficient (Wildman–Crippen LogP) is 2.17. The van der Waals surface area contributed by atoms with Crippen molar-refractivity contribution in [3.05, 3.63) is 51.6 Å². The number of hydrogen-bond donors (Lipinski definition) is 4. The first-order valence-corrected chi connectivity index (χ1v) is 14.1. The molecule has 0 amide bonds. The van der Waals surface area contributed by atoms with Gasteiger partial charge in [-0.3, -0.25) is 14.4 Å². The van der Waals surface area contributed by atoms with Crippen LogP contribution in [0.2, 0.25) is 0 Å². The Bertz CT molecular complexity index is 1490. The molecule has 1 heterocycles. The van der Waals surface area contributed by atoms with E-state index in [1.54, 1.807) is 27.9 Å². The van der Waals surface area contributed by atoms with Crippen LogP contribution in [0, 0.1) is 0 Å². The van der Waals surface area contributed by atoms with Gasteiger partial charge in [-0.05, 0) is 33.5 Å². The van der Waals surface area contributed by atoms with E-state index in [0.717, 1.165) is 7.11 Å². The highest BCUT2D eigenvalue weighted by molar-refractivity contribution is 6.31. The molecule has 1 saturated heterocycles. The number of phenolic OH excluding ortho intramolecular Hbond substituents is 2. The first kappa shape index (κ1) is 30.9. The summed E-state index contributed by atoms with van der Waals surface area (Å²) in [5, 5.41) is 46.1. The molecule has 0 spiro atoms. The zero-order valence-corrected chi connectivity index (χ0v) is 24.9. The minimum Gasteiger partial charge on any atom is -0.507 e. The van der Waals surface area contributed by atoms with Crippen LogP contribution in [-0.2, 0) is 19.0 Å². The number of fused-ring (bicyclic) bond motifs is 3. The van der Waals surface area contributed by atoms with E-state index >= 15 is 0 Å². The molecule has 2 aliphatic carbocycles. The average Bonchev–Trinajstić information content (AvgIpc) is 2.98. The van der Waals surface area contributed by atoms with Gasteiger partial charge in [-0.25, -0.2) is 0 Å². The van der Waals surface area contributed by atoms with Crippen LogP contribution in [0.25, 0.3) is 0 Å². The molecular formula is C31H37NO11. The molecule has 232 valence electrons. The number of hydrogen-bond acceptors (Lipinski definition) is 12. The molecule has 1 fully saturated rings. The highest BCUT2D eigenvalue weighted by Gasteiger charge is 2.55. The number of methoxy groups -OCH3 is 2. The molecule has 12 heteroatoms. The third kappa shape index (κ3) is 4.68. The van der Waals surface area contributed by atoms with Gasteiger partial charge in [-0.2, -0.15) is 0 Å². The largest absolute Gasteiger partial charge is 0.507 e. The Balaban J connectivity index is 1.74. The van der Waals surface area contributed by atoms with Crippen molar-refractivity contribution in [1.29, 1.82) is 0 Å². The van der Waals surface area contributed by atoms with E-state index in [2.05, 4.69) is 0 Å². The van der Waals surface area contributed by atoms with Gasteiger partial charge >= 0.3 is 5.97 Å². The standard InChI is InChI=1S/C31H37NO11/c1-7-31(39)12-17(43-18-11-15(32(3)4)25(33)13(2)42-18)20-21(24(31)30(38)41-6)29(37)22-23(28(20)36)27(35)19-14(26(22)34)9-8-10-16(19)40-5/h8-10,13,15,17-18,24-25,33,36-37,39H,7,11-12H2,1-6H3/t13-,15-,17+,18-,24+,25+,31+/m0/s1. The molecule has 0 saturated carbocycles. The Kier molecular flexibility index (Phi) is 8.03. The molecule has 3 aliphatic rings. The zero-order chi connectivity index (χ0) is 31.5. The molecule has 0 unspecified atom stereocenters. The number of ether oxygens (including phenoxy) is 4. The second-order valence-corrected chi connectivity index (χ2v) is 11.6. The van der Waals surface area contributed by atoms with Gasteiger partial charge in [0.1, 0.15) is 23.2 Å². The van der Waals surface area contributed by atoms with E-state index in [1.807, 2.05) is 4.90 Å². The summed E-state index contributed by atoms with van der Waals surface area (Å²) in [5.74, 6) is -5.25. The molecule has 0 aromatic heterocycles. The number of ketones is 2. The lowest BCUT2D eigenvalue weighted by molar-refractivity contribution is -0.258. The number of carbonyl (C=O) groups is 3. The topological polar surface area (TPSA) is 172 Å². The van der Waals surface area contributed by atoms with Crippen molar-refractivity contribution in [3.63, 3.8) is 0 Å². The molecule has 12 nitrogen and oxygen atoms in total. The summed E-state index contributed by atoms with van der Waals surface area (Å²) in [7, 11) is 6.07. The lowest BCUT2D eigenvalue weighted by Crippen LogP contribution is -2.54. The number of aromatic hydroxyl groups is 2. The van der Waals surface area contributed by atoms with Gasteiger partial charge in [0.05, 0.1) is 54.8 Å². The summed E-state index contributed by atoms with van der Waals surface area (Å²) in [4.78, 5) is 42.7. The summed E-state index contributed by atoms with van der Waals surface area (Å²) < 4.78 is 22.6. The first-order valence-electron chi connectivity index (χ1n) is 14.1. The van der Waals surface area contributed by atoms with E-state index in [1.165, 1.54) is 25.3 Å². The first-order chi connectivity index (χ1) is 20.3. The SMILES string of the molecule is CC[C@@]1(O)C[C@@H](O[C@H]2C[C@H](N(C)C)[C@H](O)[C@H](C)O2)c2c(O)c3c(c(O)c2[C@@H]1C(=O)OC)C(=O)c1cccc(OC)c1C3=O. The molecule has 5 rings (SSSR count). The number of aliphatic hydroxyl groups excluding tert-OH is 1. The van der Waals surface area contributed by atoms with Crippen molar-refractivity contribution in [2.75, 3.05) is 28.3 Å². The van der Waals surface area contributed by atoms with Crippen LogP contribution >= 0.6 is 0 Å². The third-order valence-corrected chi connectivity index (χ3v) is 9.09. The van der Waals surface area contributed by atoms with Crippen molar-refractivity contribution < 1.29 is 53.8 Å². The van der Waals surface area contributed by atoms with E-state index in [-0.39, 0.29) is 53.3 Å². The fourth-order valence-electron chi connectivity index (χ4n) is 6.75. The van der Waals surface area contributed by atoms with Crippen LogP contribution in [-0.4, -0.2) is 101 Å². The second-order valence-electron chi connectivity index (χ2n) is 11.6. The smallest absolute Gasteiger partial charge is 0.316 e. The zero-order valence-electron chi connectivity index (χ0n) is 24.9. The predicted molar refractivity (Wildman–Crippen MR) is 151 cm³/mol. The number of benzene rings is 2. The molecule has 43 heavy (non-hydrogen) atoms. The minimum atomic E-state index is -1.84. The molecule has 0 radical (unpaired) electrons. The van der Waals surface area contributed by atoms with Crippen LogP contribution in [0.5, 0.6) is 17.2 Å². The van der Waals surface area contributed by atoms with Crippen molar-refractivity contribution in [2.45, 2.75) is 75.3 Å². The van der Waals surface area contributed by atoms with Crippen LogP contribution in [0.3, 0.4) is 0 Å². The average molecular weight is 600 g/mol. The maximum Gasteiger partial charge on any atom is 0.316 e. The summed E-state index contributed by atoms with van der Waals surface area (Å²) in [6, 6.07) is 4.07. The van der Waals surface area contributed by atoms with Gasteiger partial charge < -0.3 is 44.3 Å². The Morgan fingerprint density at radius 2 is 1.72 bits per heavy atom. The summed E-state index contributed by atoms with van der Waals surface area (Å²) >= 11 is 0. The summed E-state index contributed by atoms with van der Waals surface area (Å²) in [6.07, 6.45) is -3.59. The van der Waals surface area contributed by atoms with Crippen molar-refractivity contribution >= 4 is 17.5 Å². The number of phenols is 2. The Labute approximate surface area is 248 Å². The number of carbonyl (C=O) groups excluding carboxylic acids is 3. The number of likely N-dealkylation sites (N-methyl/N-ethyl adjacent to an activating group) is 1. The number of aliphatic hydroxyl groups is 2. The van der Waals surface area contributed by atoms with E-state index in [0.29, 0.717) is 0 Å². The normalized spacial score (nSPS) is 30.0. The van der Waals surface area contributed by atoms with Crippen molar-refractivity contribution in [1.82, 2.24) is 4.90 Å². The second kappa shape index (κ2) is 11.2. The number of esters is 1. The van der Waals surface area contributed by atoms with E-state index in [4.69, 9.17) is 18.9 Å². The molecule has 2 aromatic carbocycles. The van der Waals surface area contributed by atoms with Crippen LogP contribution < -0.4 is 4.74 Å². The van der Waals surface area contributed by atoms with Crippen molar-refractivity contribution in [3.8, 4) is 17.2 Å². The van der Waals surface area contributed by atoms with Crippen molar-refractivity contribution in [2.24, 2.45) is 0 Å². The van der Waals surface area contributed by atoms with Gasteiger partial charge in [0.2, 0.25) is 5.78 Å². The fraction of sp³-hybridized carbons (Fsp3) is 0.516. The van der Waals surface area contributed by atoms with Gasteiger partial charge in [0.15, 0.2) is 12.1 Å². The van der Waals surface area contributed by atoms with Crippen LogP contribution in [0.15, 0.2) is 18.2 Å². The quantitative estimate of drug-likeness (QED) is 0.241. The molecule has 7 atom stereocenters. The molecule has 2 aromatic rings. The van der Waals surface area contributed by atoms with Crippen LogP contribution in [0.4, 0.5) is 0 Å². The maximum atomic E-state index is 13.9. The number of nitrogens with zero attached hydrogens (tertiary/aromatic N) is 1. The highest BCUT2D eigenvalue weighted by atomic mass is 16.7. The van der Waals surface area contributed by atoms with Gasteiger partial charge in [-0.1, -0.05) is 19.1 Å². The Morgan fingerprint density at radius 1 is 1.07 bits per heavy atom. The van der Waals surface area contributed by atoms with Gasteiger partial charge in [-0.15, -0.1) is 0 Å². The molecule has 4 N–H and O–H groups in total. The summed E-state index contributed by atoms with van der Waals surface area (Å²) in [5.41, 5.74) is -3.31. The Hall–Kier alpha value is -3.55. The lowest BCUT2D eigenvalue weighted by Gasteiger charge is -2.46. The molecule has 1 aliphatic heterocycles. The van der Waals surface area contributed by atoms with E-state index in [9.17, 15) is 34.8 Å². The minimum absolute atomic E-state index is 0.0111. The van der Waals surface area contributed by atoms with Crippen LogP contribution in [0.1, 0.15) is 88.1 Å². The maximum absolute atomic E-state index is 13.9. The number of rotatable bonds is 6. The summed E-state index contributed by atoms with van der Waals surface area (Å²) in [6.45, 7) is 3.33. The third-order valence-electron chi connectivity index (χ3n) is 9.09. The highest BCUT2D eigenvalue weighted by Crippen LogP contribution is 2.57. The molecular weight excluding hydrogens is 562 g/mol. The monoisotopic (exact) mass is 599 g/mol. The fourth-order valence-corrected chi connectivity index (χ4v) is 6.75.